The molecular formula is C21H23BrN4S. The van der Waals surface area contributed by atoms with Crippen LogP contribution in [0.25, 0.3) is 11.4 Å². The lowest BCUT2D eigenvalue weighted by atomic mass is 9.96. The van der Waals surface area contributed by atoms with Crippen LogP contribution in [0.5, 0.6) is 0 Å². The summed E-state index contributed by atoms with van der Waals surface area (Å²) in [7, 11) is 2.01. The number of aryl methyl sites for hydroxylation is 3. The highest BCUT2D eigenvalue weighted by Crippen LogP contribution is 2.47. The molecule has 4 nitrogen and oxygen atoms in total. The molecule has 0 amide bonds. The average molecular weight is 443 g/mol. The maximum Gasteiger partial charge on any atom is 0.129 e. The standard InChI is InChI=1S/C21H23BrN4S/c1-12-10-16(22)13(2)9-15(12)20-18-19(17-7-5-6-8-23-17)25-26(4)21(18)24-14(3)11-27-20/h5-10,14,20,24H,11H2,1-4H3/t14-,20+/m1/s1. The molecule has 1 aliphatic heterocycles. The highest BCUT2D eigenvalue weighted by molar-refractivity contribution is 9.10. The average Bonchev–Trinajstić information content (AvgIpc) is 2.86. The van der Waals surface area contributed by atoms with Crippen molar-refractivity contribution in [2.75, 3.05) is 11.1 Å². The molecule has 0 fully saturated rings. The van der Waals surface area contributed by atoms with Gasteiger partial charge in [-0.25, -0.2) is 0 Å². The first-order chi connectivity index (χ1) is 13.0. The zero-order valence-corrected chi connectivity index (χ0v) is 18.4. The number of anilines is 1. The lowest BCUT2D eigenvalue weighted by Crippen LogP contribution is -2.18. The molecule has 140 valence electrons. The third-order valence-electron chi connectivity index (χ3n) is 4.98. The lowest BCUT2D eigenvalue weighted by molar-refractivity contribution is 0.757. The minimum absolute atomic E-state index is 0.218. The SMILES string of the molecule is Cc1cc([C@@H]2SC[C@@H](C)Nc3c2c(-c2ccccn2)nn3C)c(C)cc1Br. The van der Waals surface area contributed by atoms with E-state index in [1.54, 1.807) is 0 Å². The lowest BCUT2D eigenvalue weighted by Gasteiger charge is -2.20. The molecule has 0 unspecified atom stereocenters. The number of rotatable bonds is 2. The Morgan fingerprint density at radius 1 is 1.22 bits per heavy atom. The fourth-order valence-corrected chi connectivity index (χ4v) is 5.43. The van der Waals surface area contributed by atoms with Crippen LogP contribution in [0.15, 0.2) is 41.0 Å². The van der Waals surface area contributed by atoms with E-state index in [-0.39, 0.29) is 5.25 Å². The van der Waals surface area contributed by atoms with E-state index in [1.807, 2.05) is 47.9 Å². The van der Waals surface area contributed by atoms with Crippen LogP contribution in [-0.4, -0.2) is 26.6 Å². The summed E-state index contributed by atoms with van der Waals surface area (Å²) in [6, 6.07) is 10.9. The summed E-state index contributed by atoms with van der Waals surface area (Å²) in [6.07, 6.45) is 1.83. The number of pyridine rings is 1. The van der Waals surface area contributed by atoms with E-state index in [9.17, 15) is 0 Å². The van der Waals surface area contributed by atoms with Crippen molar-refractivity contribution < 1.29 is 0 Å². The second-order valence-electron chi connectivity index (χ2n) is 7.17. The van der Waals surface area contributed by atoms with Crippen molar-refractivity contribution in [3.63, 3.8) is 0 Å². The van der Waals surface area contributed by atoms with E-state index in [0.29, 0.717) is 6.04 Å². The van der Waals surface area contributed by atoms with Gasteiger partial charge in [0.25, 0.3) is 0 Å². The second kappa shape index (κ2) is 7.32. The number of hydrogen-bond acceptors (Lipinski definition) is 4. The monoisotopic (exact) mass is 442 g/mol. The van der Waals surface area contributed by atoms with Crippen LogP contribution >= 0.6 is 27.7 Å². The van der Waals surface area contributed by atoms with Gasteiger partial charge in [0.15, 0.2) is 0 Å². The molecule has 3 aromatic rings. The predicted molar refractivity (Wildman–Crippen MR) is 117 cm³/mol. The molecule has 27 heavy (non-hydrogen) atoms. The minimum atomic E-state index is 0.218. The van der Waals surface area contributed by atoms with Crippen LogP contribution in [0.2, 0.25) is 0 Å². The van der Waals surface area contributed by atoms with Crippen molar-refractivity contribution in [3.05, 3.63) is 63.3 Å². The van der Waals surface area contributed by atoms with Gasteiger partial charge in [-0.3, -0.25) is 9.67 Å². The van der Waals surface area contributed by atoms with Gasteiger partial charge >= 0.3 is 0 Å². The van der Waals surface area contributed by atoms with Crippen molar-refractivity contribution in [2.24, 2.45) is 7.05 Å². The van der Waals surface area contributed by atoms with Gasteiger partial charge in [-0.2, -0.15) is 5.10 Å². The highest BCUT2D eigenvalue weighted by Gasteiger charge is 2.32. The third-order valence-corrected chi connectivity index (χ3v) is 7.35. The number of thioether (sulfide) groups is 1. The maximum atomic E-state index is 4.85. The van der Waals surface area contributed by atoms with Crippen LogP contribution in [0, 0.1) is 13.8 Å². The molecule has 1 aromatic carbocycles. The number of benzene rings is 1. The van der Waals surface area contributed by atoms with E-state index in [0.717, 1.165) is 27.4 Å². The summed E-state index contributed by atoms with van der Waals surface area (Å²) in [4.78, 5) is 4.58. The van der Waals surface area contributed by atoms with Gasteiger partial charge in [-0.15, -0.1) is 11.8 Å². The Hall–Kier alpha value is -1.79. The fourth-order valence-electron chi connectivity index (χ4n) is 3.58. The van der Waals surface area contributed by atoms with Crippen LogP contribution in [0.3, 0.4) is 0 Å². The molecule has 1 N–H and O–H groups in total. The third kappa shape index (κ3) is 3.41. The van der Waals surface area contributed by atoms with Gasteiger partial charge in [-0.1, -0.05) is 28.1 Å². The van der Waals surface area contributed by atoms with E-state index >= 15 is 0 Å². The minimum Gasteiger partial charge on any atom is -0.367 e. The number of hydrogen-bond donors (Lipinski definition) is 1. The summed E-state index contributed by atoms with van der Waals surface area (Å²) in [5.41, 5.74) is 7.01. The van der Waals surface area contributed by atoms with Crippen LogP contribution in [0.1, 0.15) is 34.4 Å². The Morgan fingerprint density at radius 3 is 2.78 bits per heavy atom. The van der Waals surface area contributed by atoms with E-state index < -0.39 is 0 Å². The molecule has 0 bridgehead atoms. The summed E-state index contributed by atoms with van der Waals surface area (Å²) < 4.78 is 3.13. The Balaban J connectivity index is 1.95. The van der Waals surface area contributed by atoms with E-state index in [1.165, 1.54) is 22.3 Å². The topological polar surface area (TPSA) is 42.7 Å². The van der Waals surface area contributed by atoms with Gasteiger partial charge in [0.1, 0.15) is 11.5 Å². The van der Waals surface area contributed by atoms with Crippen LogP contribution < -0.4 is 5.32 Å². The Labute approximate surface area is 172 Å². The predicted octanol–water partition coefficient (Wildman–Crippen LogP) is 5.50. The first-order valence-corrected chi connectivity index (χ1v) is 10.9. The van der Waals surface area contributed by atoms with E-state index in [4.69, 9.17) is 5.10 Å². The zero-order chi connectivity index (χ0) is 19.1. The van der Waals surface area contributed by atoms with Crippen molar-refractivity contribution in [1.29, 1.82) is 0 Å². The first-order valence-electron chi connectivity index (χ1n) is 9.08. The normalized spacial score (nSPS) is 19.3. The molecule has 4 rings (SSSR count). The van der Waals surface area contributed by atoms with Gasteiger partial charge in [0.2, 0.25) is 0 Å². The fraction of sp³-hybridized carbons (Fsp3) is 0.333. The number of halogens is 1. The molecule has 0 saturated carbocycles. The summed E-state index contributed by atoms with van der Waals surface area (Å²) in [5.74, 6) is 2.13. The summed E-state index contributed by atoms with van der Waals surface area (Å²) in [6.45, 7) is 6.57. The van der Waals surface area contributed by atoms with Crippen molar-refractivity contribution >= 4 is 33.5 Å². The Bertz CT molecular complexity index is 984. The maximum absolute atomic E-state index is 4.85. The van der Waals surface area contributed by atoms with Crippen molar-refractivity contribution in [1.82, 2.24) is 14.8 Å². The van der Waals surface area contributed by atoms with Gasteiger partial charge < -0.3 is 5.32 Å². The molecular weight excluding hydrogens is 420 g/mol. The molecule has 3 heterocycles. The molecule has 1 aliphatic rings. The number of nitrogens with one attached hydrogen (secondary N) is 1. The van der Waals surface area contributed by atoms with Crippen molar-refractivity contribution in [3.8, 4) is 11.4 Å². The molecule has 0 aliphatic carbocycles. The molecule has 6 heteroatoms. The summed E-state index contributed by atoms with van der Waals surface area (Å²) in [5, 5.41) is 8.74. The summed E-state index contributed by atoms with van der Waals surface area (Å²) >= 11 is 5.65. The number of nitrogens with zero attached hydrogens (tertiary/aromatic N) is 3. The number of fused-ring (bicyclic) bond motifs is 1. The van der Waals surface area contributed by atoms with E-state index in [2.05, 4.69) is 59.1 Å². The quantitative estimate of drug-likeness (QED) is 0.568. The smallest absolute Gasteiger partial charge is 0.129 e. The molecule has 0 radical (unpaired) electrons. The first kappa shape index (κ1) is 18.6. The van der Waals surface area contributed by atoms with Gasteiger partial charge in [0.05, 0.1) is 10.9 Å². The second-order valence-corrected chi connectivity index (χ2v) is 9.16. The van der Waals surface area contributed by atoms with Gasteiger partial charge in [-0.05, 0) is 55.7 Å². The molecule has 2 aromatic heterocycles. The molecule has 0 spiro atoms. The van der Waals surface area contributed by atoms with Crippen LogP contribution in [-0.2, 0) is 7.05 Å². The molecule has 2 atom stereocenters. The zero-order valence-electron chi connectivity index (χ0n) is 16.0. The number of aromatic nitrogens is 3. The Kier molecular flexibility index (Phi) is 5.03. The molecule has 0 saturated heterocycles. The Morgan fingerprint density at radius 2 is 2.04 bits per heavy atom. The van der Waals surface area contributed by atoms with Crippen molar-refractivity contribution in [2.45, 2.75) is 32.1 Å². The highest BCUT2D eigenvalue weighted by atomic mass is 79.9. The largest absolute Gasteiger partial charge is 0.367 e. The van der Waals surface area contributed by atoms with Gasteiger partial charge in [0, 0.05) is 35.1 Å². The van der Waals surface area contributed by atoms with Crippen LogP contribution in [0.4, 0.5) is 5.82 Å².